The van der Waals surface area contributed by atoms with Crippen molar-refractivity contribution < 1.29 is 8.42 Å². The summed E-state index contributed by atoms with van der Waals surface area (Å²) in [6.07, 6.45) is 1.69. The van der Waals surface area contributed by atoms with Crippen LogP contribution in [0.5, 0.6) is 0 Å². The van der Waals surface area contributed by atoms with Gasteiger partial charge in [-0.3, -0.25) is 0 Å². The van der Waals surface area contributed by atoms with Crippen LogP contribution in [-0.2, 0) is 10.0 Å². The van der Waals surface area contributed by atoms with Crippen LogP contribution in [0, 0.1) is 0 Å². The Morgan fingerprint density at radius 1 is 1.33 bits per heavy atom. The van der Waals surface area contributed by atoms with E-state index in [1.165, 1.54) is 12.1 Å². The molecule has 21 heavy (non-hydrogen) atoms. The normalized spacial score (nSPS) is 20.0. The largest absolute Gasteiger partial charge is 0.398 e. The zero-order valence-electron chi connectivity index (χ0n) is 11.2. The fraction of sp³-hybridized carbons (Fsp3) is 0.286. The van der Waals surface area contributed by atoms with Crippen LogP contribution >= 0.6 is 22.9 Å². The molecule has 2 N–H and O–H groups in total. The lowest BCUT2D eigenvalue weighted by Crippen LogP contribution is -2.31. The lowest BCUT2D eigenvalue weighted by atomic mass is 10.1. The summed E-state index contributed by atoms with van der Waals surface area (Å²) in [6, 6.07) is 6.39. The van der Waals surface area contributed by atoms with Crippen molar-refractivity contribution in [2.75, 3.05) is 12.3 Å². The van der Waals surface area contributed by atoms with Gasteiger partial charge < -0.3 is 5.73 Å². The van der Waals surface area contributed by atoms with Crippen molar-refractivity contribution in [3.05, 3.63) is 45.6 Å². The third-order valence-corrected chi connectivity index (χ3v) is 6.61. The fourth-order valence-electron chi connectivity index (χ4n) is 2.71. The van der Waals surface area contributed by atoms with E-state index in [1.54, 1.807) is 21.7 Å². The summed E-state index contributed by atoms with van der Waals surface area (Å²) in [5, 5.41) is 4.40. The molecule has 1 aliphatic heterocycles. The highest BCUT2D eigenvalue weighted by Crippen LogP contribution is 2.38. The van der Waals surface area contributed by atoms with Gasteiger partial charge in [-0.2, -0.15) is 15.6 Å². The van der Waals surface area contributed by atoms with E-state index in [9.17, 15) is 8.42 Å². The molecule has 1 unspecified atom stereocenters. The molecule has 1 saturated heterocycles. The van der Waals surface area contributed by atoms with Crippen molar-refractivity contribution in [3.63, 3.8) is 0 Å². The molecule has 1 atom stereocenters. The number of nitrogens with zero attached hydrogens (tertiary/aromatic N) is 1. The zero-order chi connectivity index (χ0) is 15.0. The second-order valence-corrected chi connectivity index (χ2v) is 8.09. The van der Waals surface area contributed by atoms with E-state index in [-0.39, 0.29) is 16.6 Å². The van der Waals surface area contributed by atoms with Gasteiger partial charge in [-0.05, 0) is 53.4 Å². The van der Waals surface area contributed by atoms with Crippen molar-refractivity contribution in [1.29, 1.82) is 0 Å². The number of sulfonamides is 1. The fourth-order valence-corrected chi connectivity index (χ4v) is 5.37. The molecule has 1 aromatic heterocycles. The number of hydrogen-bond acceptors (Lipinski definition) is 4. The van der Waals surface area contributed by atoms with Gasteiger partial charge in [0.05, 0.1) is 11.7 Å². The zero-order valence-corrected chi connectivity index (χ0v) is 13.6. The predicted molar refractivity (Wildman–Crippen MR) is 86.1 cm³/mol. The van der Waals surface area contributed by atoms with Gasteiger partial charge in [0.2, 0.25) is 10.0 Å². The van der Waals surface area contributed by atoms with E-state index in [2.05, 4.69) is 0 Å². The van der Waals surface area contributed by atoms with Crippen molar-refractivity contribution in [2.45, 2.75) is 23.8 Å². The van der Waals surface area contributed by atoms with E-state index in [1.807, 2.05) is 16.8 Å². The summed E-state index contributed by atoms with van der Waals surface area (Å²) in [5.41, 5.74) is 7.09. The third-order valence-electron chi connectivity index (χ3n) is 3.69. The Morgan fingerprint density at radius 3 is 2.81 bits per heavy atom. The van der Waals surface area contributed by atoms with Crippen molar-refractivity contribution >= 4 is 38.6 Å². The summed E-state index contributed by atoms with van der Waals surface area (Å²) in [5.74, 6) is 0. The van der Waals surface area contributed by atoms with E-state index in [0.717, 1.165) is 18.4 Å². The van der Waals surface area contributed by atoms with E-state index >= 15 is 0 Å². The van der Waals surface area contributed by atoms with Gasteiger partial charge in [-0.15, -0.1) is 0 Å². The SMILES string of the molecule is Nc1cc(Cl)ccc1S(=O)(=O)N1CCCC1c1ccsc1. The number of anilines is 1. The molecule has 0 radical (unpaired) electrons. The van der Waals surface area contributed by atoms with Gasteiger partial charge in [0.15, 0.2) is 0 Å². The Bertz CT molecular complexity index is 744. The molecule has 0 spiro atoms. The smallest absolute Gasteiger partial charge is 0.245 e. The molecule has 7 heteroatoms. The minimum Gasteiger partial charge on any atom is -0.398 e. The number of nitrogen functional groups attached to an aromatic ring is 1. The molecule has 0 amide bonds. The monoisotopic (exact) mass is 342 g/mol. The van der Waals surface area contributed by atoms with Crippen LogP contribution in [0.1, 0.15) is 24.4 Å². The summed E-state index contributed by atoms with van der Waals surface area (Å²) < 4.78 is 27.3. The Labute approximate surface area is 133 Å². The maximum absolute atomic E-state index is 12.9. The van der Waals surface area contributed by atoms with Crippen LogP contribution in [0.15, 0.2) is 39.9 Å². The number of thiophene rings is 1. The average Bonchev–Trinajstić information content (AvgIpc) is 3.09. The Kier molecular flexibility index (Phi) is 3.96. The second-order valence-electron chi connectivity index (χ2n) is 5.01. The highest BCUT2D eigenvalue weighted by Gasteiger charge is 2.37. The number of rotatable bonds is 3. The van der Waals surface area contributed by atoms with Crippen LogP contribution in [0.25, 0.3) is 0 Å². The van der Waals surface area contributed by atoms with Gasteiger partial charge in [-0.25, -0.2) is 8.42 Å². The highest BCUT2D eigenvalue weighted by atomic mass is 35.5. The average molecular weight is 343 g/mol. The summed E-state index contributed by atoms with van der Waals surface area (Å²) in [6.45, 7) is 0.519. The molecule has 3 rings (SSSR count). The minimum atomic E-state index is -3.61. The van der Waals surface area contributed by atoms with Crippen molar-refractivity contribution in [1.82, 2.24) is 4.31 Å². The first-order valence-corrected chi connectivity index (χ1v) is 9.35. The van der Waals surface area contributed by atoms with Crippen molar-refractivity contribution in [3.8, 4) is 0 Å². The van der Waals surface area contributed by atoms with Gasteiger partial charge in [0.25, 0.3) is 0 Å². The maximum atomic E-state index is 12.9. The molecule has 0 bridgehead atoms. The predicted octanol–water partition coefficient (Wildman–Crippen LogP) is 3.51. The topological polar surface area (TPSA) is 63.4 Å². The Balaban J connectivity index is 2.01. The number of benzene rings is 1. The Morgan fingerprint density at radius 2 is 2.14 bits per heavy atom. The molecule has 112 valence electrons. The first-order valence-electron chi connectivity index (χ1n) is 6.59. The first-order chi connectivity index (χ1) is 10.00. The summed E-state index contributed by atoms with van der Waals surface area (Å²) in [4.78, 5) is 0.133. The van der Waals surface area contributed by atoms with E-state index in [4.69, 9.17) is 17.3 Å². The van der Waals surface area contributed by atoms with E-state index < -0.39 is 10.0 Å². The quantitative estimate of drug-likeness (QED) is 0.868. The second kappa shape index (κ2) is 5.61. The van der Waals surface area contributed by atoms with E-state index in [0.29, 0.717) is 11.6 Å². The van der Waals surface area contributed by atoms with Gasteiger partial charge in [-0.1, -0.05) is 11.6 Å². The number of halogens is 1. The summed E-state index contributed by atoms with van der Waals surface area (Å²) in [7, 11) is -3.61. The van der Waals surface area contributed by atoms with Crippen LogP contribution in [-0.4, -0.2) is 19.3 Å². The minimum absolute atomic E-state index is 0.101. The third kappa shape index (κ3) is 2.68. The molecular formula is C14H15ClN2O2S2. The lowest BCUT2D eigenvalue weighted by Gasteiger charge is -2.24. The summed E-state index contributed by atoms with van der Waals surface area (Å²) >= 11 is 7.43. The molecule has 2 aromatic rings. The highest BCUT2D eigenvalue weighted by molar-refractivity contribution is 7.89. The van der Waals surface area contributed by atoms with Gasteiger partial charge in [0.1, 0.15) is 4.90 Å². The molecule has 4 nitrogen and oxygen atoms in total. The molecule has 1 fully saturated rings. The molecule has 0 saturated carbocycles. The van der Waals surface area contributed by atoms with Crippen LogP contribution in [0.3, 0.4) is 0 Å². The molecule has 1 aliphatic rings. The molecule has 2 heterocycles. The number of nitrogens with two attached hydrogens (primary N) is 1. The molecule has 1 aromatic carbocycles. The van der Waals surface area contributed by atoms with Crippen molar-refractivity contribution in [2.24, 2.45) is 0 Å². The van der Waals surface area contributed by atoms with Gasteiger partial charge in [0, 0.05) is 11.6 Å². The molecular weight excluding hydrogens is 328 g/mol. The van der Waals surface area contributed by atoms with Crippen LogP contribution in [0.2, 0.25) is 5.02 Å². The first kappa shape index (κ1) is 14.8. The molecule has 0 aliphatic carbocycles. The number of hydrogen-bond donors (Lipinski definition) is 1. The maximum Gasteiger partial charge on any atom is 0.245 e. The Hall–Kier alpha value is -1.08. The lowest BCUT2D eigenvalue weighted by molar-refractivity contribution is 0.397. The van der Waals surface area contributed by atoms with Crippen LogP contribution < -0.4 is 5.73 Å². The standard InChI is InChI=1S/C14H15ClN2O2S2/c15-11-3-4-14(12(16)8-11)21(18,19)17-6-1-2-13(17)10-5-7-20-9-10/h3-5,7-9,13H,1-2,6,16H2. The van der Waals surface area contributed by atoms with Crippen LogP contribution in [0.4, 0.5) is 5.69 Å². The van der Waals surface area contributed by atoms with Gasteiger partial charge >= 0.3 is 0 Å².